The number of rotatable bonds is 3. The topological polar surface area (TPSA) is 47.6 Å². The minimum absolute atomic E-state index is 0.484. The fraction of sp³-hybridized carbons (Fsp3) is 0. The Kier molecular flexibility index (Phi) is 6.01. The predicted molar refractivity (Wildman–Crippen MR) is 106 cm³/mol. The van der Waals surface area contributed by atoms with Crippen LogP contribution in [0.15, 0.2) is 88.8 Å². The Morgan fingerprint density at radius 1 is 0.667 bits per heavy atom. The number of hydrogen-bond donors (Lipinski definition) is 0. The van der Waals surface area contributed by atoms with Gasteiger partial charge in [-0.3, -0.25) is 0 Å². The van der Waals surface area contributed by atoms with Gasteiger partial charge >= 0.3 is 0 Å². The maximum absolute atomic E-state index is 8.94. The Morgan fingerprint density at radius 3 is 1.58 bits per heavy atom. The van der Waals surface area contributed by atoms with Gasteiger partial charge in [-0.05, 0) is 24.3 Å². The molecule has 1 aromatic rings. The Bertz CT molecular complexity index is 837. The number of benzene rings is 1. The van der Waals surface area contributed by atoms with Crippen molar-refractivity contribution in [2.45, 2.75) is 9.79 Å². The van der Waals surface area contributed by atoms with Gasteiger partial charge in [-0.25, -0.2) is 0 Å². The SMILES string of the molecule is N#CC1=C(C#N)SC(=C/C=C/C=C/C=C2Sc3ccccc3S2)S1. The van der Waals surface area contributed by atoms with Crippen LogP contribution in [0.5, 0.6) is 0 Å². The molecule has 2 nitrogen and oxygen atoms in total. The Hall–Kier alpha value is -1.70. The average Bonchev–Trinajstić information content (AvgIpc) is 3.20. The summed E-state index contributed by atoms with van der Waals surface area (Å²) in [6.07, 6.45) is 11.9. The van der Waals surface area contributed by atoms with Gasteiger partial charge in [0.1, 0.15) is 21.9 Å². The summed E-state index contributed by atoms with van der Waals surface area (Å²) in [5.74, 6) is 0. The van der Waals surface area contributed by atoms with Gasteiger partial charge in [0.15, 0.2) is 0 Å². The maximum Gasteiger partial charge on any atom is 0.115 e. The number of nitriles is 2. The van der Waals surface area contributed by atoms with Crippen LogP contribution in [0, 0.1) is 22.7 Å². The van der Waals surface area contributed by atoms with Crippen molar-refractivity contribution in [2.75, 3.05) is 0 Å². The van der Waals surface area contributed by atoms with E-state index in [1.54, 1.807) is 23.5 Å². The van der Waals surface area contributed by atoms with Crippen LogP contribution in [0.4, 0.5) is 0 Å². The molecule has 1 aromatic carbocycles. The normalized spacial score (nSPS) is 16.6. The van der Waals surface area contributed by atoms with Crippen molar-refractivity contribution in [1.29, 1.82) is 10.5 Å². The largest absolute Gasteiger partial charge is 0.192 e. The quantitative estimate of drug-likeness (QED) is 0.562. The monoisotopic (exact) mass is 382 g/mol. The van der Waals surface area contributed by atoms with Gasteiger partial charge in [0.2, 0.25) is 0 Å². The third-order valence-corrected chi connectivity index (χ3v) is 7.64. The van der Waals surface area contributed by atoms with Crippen molar-refractivity contribution >= 4 is 47.0 Å². The standard InChI is InChI=1S/C18H10N2S4/c19-11-15-16(12-20)24-18(23-15)10-4-2-1-3-9-17-21-13-7-5-6-8-14(13)22-17/h1-10H/b3-1+,4-2+. The summed E-state index contributed by atoms with van der Waals surface area (Å²) in [5.41, 5.74) is 0. The molecule has 0 saturated carbocycles. The molecule has 3 rings (SSSR count). The van der Waals surface area contributed by atoms with Gasteiger partial charge in [0.25, 0.3) is 0 Å². The van der Waals surface area contributed by atoms with Gasteiger partial charge in [0.05, 0.1) is 4.24 Å². The van der Waals surface area contributed by atoms with E-state index in [0.717, 1.165) is 4.24 Å². The van der Waals surface area contributed by atoms with Crippen LogP contribution in [0.25, 0.3) is 0 Å². The highest BCUT2D eigenvalue weighted by molar-refractivity contribution is 8.28. The molecule has 0 aromatic heterocycles. The van der Waals surface area contributed by atoms with E-state index in [1.807, 2.05) is 30.4 Å². The van der Waals surface area contributed by atoms with Crippen LogP contribution in [0.1, 0.15) is 0 Å². The lowest BCUT2D eigenvalue weighted by atomic mass is 10.4. The maximum atomic E-state index is 8.94. The van der Waals surface area contributed by atoms with Crippen LogP contribution in [0.2, 0.25) is 0 Å². The first kappa shape index (κ1) is 17.1. The van der Waals surface area contributed by atoms with E-state index in [-0.39, 0.29) is 0 Å². The molecule has 24 heavy (non-hydrogen) atoms. The molecule has 0 fully saturated rings. The summed E-state index contributed by atoms with van der Waals surface area (Å²) in [5, 5.41) is 17.9. The van der Waals surface area contributed by atoms with Crippen molar-refractivity contribution < 1.29 is 0 Å². The summed E-state index contributed by atoms with van der Waals surface area (Å²) >= 11 is 6.27. The van der Waals surface area contributed by atoms with Crippen molar-refractivity contribution in [3.05, 3.63) is 79.0 Å². The van der Waals surface area contributed by atoms with Gasteiger partial charge in [0, 0.05) is 14.0 Å². The summed E-state index contributed by atoms with van der Waals surface area (Å²) in [6, 6.07) is 12.5. The fourth-order valence-corrected chi connectivity index (χ4v) is 6.14. The molecule has 0 saturated heterocycles. The van der Waals surface area contributed by atoms with Crippen LogP contribution < -0.4 is 0 Å². The van der Waals surface area contributed by atoms with Crippen molar-refractivity contribution in [3.8, 4) is 12.1 Å². The number of thioether (sulfide) groups is 4. The first-order chi connectivity index (χ1) is 11.8. The molecule has 2 heterocycles. The highest BCUT2D eigenvalue weighted by Crippen LogP contribution is 2.50. The van der Waals surface area contributed by atoms with Crippen LogP contribution >= 0.6 is 47.0 Å². The Labute approximate surface area is 158 Å². The van der Waals surface area contributed by atoms with E-state index < -0.39 is 0 Å². The smallest absolute Gasteiger partial charge is 0.115 e. The minimum Gasteiger partial charge on any atom is -0.192 e. The molecular formula is C18H10N2S4. The van der Waals surface area contributed by atoms with E-state index in [1.165, 1.54) is 37.6 Å². The average molecular weight is 383 g/mol. The molecule has 116 valence electrons. The molecule has 0 aliphatic carbocycles. The Balaban J connectivity index is 1.53. The van der Waals surface area contributed by atoms with E-state index in [2.05, 4.69) is 42.5 Å². The van der Waals surface area contributed by atoms with Crippen LogP contribution in [-0.2, 0) is 0 Å². The molecule has 6 heteroatoms. The minimum atomic E-state index is 0.484. The number of fused-ring (bicyclic) bond motifs is 1. The summed E-state index contributed by atoms with van der Waals surface area (Å²) in [7, 11) is 0. The van der Waals surface area contributed by atoms with Gasteiger partial charge < -0.3 is 0 Å². The van der Waals surface area contributed by atoms with Gasteiger partial charge in [-0.2, -0.15) is 10.5 Å². The number of allylic oxidation sites excluding steroid dienone is 8. The lowest BCUT2D eigenvalue weighted by Crippen LogP contribution is -1.66. The zero-order valence-corrected chi connectivity index (χ0v) is 15.6. The number of nitrogens with zero attached hydrogens (tertiary/aromatic N) is 2. The summed E-state index contributed by atoms with van der Waals surface area (Å²) < 4.78 is 2.21. The number of hydrogen-bond acceptors (Lipinski definition) is 6. The van der Waals surface area contributed by atoms with Crippen molar-refractivity contribution in [1.82, 2.24) is 0 Å². The van der Waals surface area contributed by atoms with Crippen molar-refractivity contribution in [3.63, 3.8) is 0 Å². The molecule has 0 spiro atoms. The highest BCUT2D eigenvalue weighted by Gasteiger charge is 2.20. The zero-order chi connectivity index (χ0) is 16.8. The van der Waals surface area contributed by atoms with E-state index in [9.17, 15) is 0 Å². The van der Waals surface area contributed by atoms with Crippen LogP contribution in [0.3, 0.4) is 0 Å². The third kappa shape index (κ3) is 4.23. The molecule has 0 unspecified atom stereocenters. The fourth-order valence-electron chi connectivity index (χ4n) is 1.85. The molecule has 2 aliphatic heterocycles. The van der Waals surface area contributed by atoms with Crippen LogP contribution in [-0.4, -0.2) is 0 Å². The van der Waals surface area contributed by atoms with E-state index >= 15 is 0 Å². The summed E-state index contributed by atoms with van der Waals surface area (Å²) in [4.78, 5) is 3.59. The second kappa shape index (κ2) is 8.41. The first-order valence-corrected chi connectivity index (χ1v) is 10.2. The highest BCUT2D eigenvalue weighted by atomic mass is 32.2. The van der Waals surface area contributed by atoms with E-state index in [4.69, 9.17) is 10.5 Å². The van der Waals surface area contributed by atoms with Gasteiger partial charge in [-0.1, -0.05) is 83.5 Å². The molecular weight excluding hydrogens is 372 g/mol. The Morgan fingerprint density at radius 2 is 1.12 bits per heavy atom. The zero-order valence-electron chi connectivity index (χ0n) is 12.3. The molecule has 0 bridgehead atoms. The summed E-state index contributed by atoms with van der Waals surface area (Å²) in [6.45, 7) is 0. The predicted octanol–water partition coefficient (Wildman–Crippen LogP) is 6.42. The van der Waals surface area contributed by atoms with E-state index in [0.29, 0.717) is 9.81 Å². The molecule has 0 N–H and O–H groups in total. The molecule has 0 amide bonds. The lowest BCUT2D eigenvalue weighted by molar-refractivity contribution is 1.27. The molecule has 0 atom stereocenters. The van der Waals surface area contributed by atoms with Crippen molar-refractivity contribution in [2.24, 2.45) is 0 Å². The second-order valence-electron chi connectivity index (χ2n) is 4.48. The lowest BCUT2D eigenvalue weighted by Gasteiger charge is -1.90. The molecule has 2 aliphatic rings. The first-order valence-electron chi connectivity index (χ1n) is 6.90. The van der Waals surface area contributed by atoms with Gasteiger partial charge in [-0.15, -0.1) is 0 Å². The second-order valence-corrected chi connectivity index (χ2v) is 9.27. The third-order valence-electron chi connectivity index (χ3n) is 2.88. The molecule has 0 radical (unpaired) electrons.